The van der Waals surface area contributed by atoms with Crippen LogP contribution in [0.5, 0.6) is 0 Å². The molecule has 0 fully saturated rings. The van der Waals surface area contributed by atoms with Gasteiger partial charge in [-0.3, -0.25) is 0 Å². The van der Waals surface area contributed by atoms with Gasteiger partial charge in [-0.15, -0.1) is 0 Å². The zero-order valence-corrected chi connectivity index (χ0v) is 9.49. The molecule has 74 valence electrons. The van der Waals surface area contributed by atoms with Gasteiger partial charge in [0.2, 0.25) is 0 Å². The molecule has 0 aromatic carbocycles. The van der Waals surface area contributed by atoms with Crippen LogP contribution in [-0.4, -0.2) is 17.0 Å². The van der Waals surface area contributed by atoms with E-state index >= 15 is 0 Å². The van der Waals surface area contributed by atoms with Crippen LogP contribution in [0.25, 0.3) is 0 Å². The predicted molar refractivity (Wildman–Crippen MR) is 59.7 cm³/mol. The molecule has 0 rings (SSSR count). The molecular formula is C10H23NS. The minimum absolute atomic E-state index is 0.386. The highest BCUT2D eigenvalue weighted by Crippen LogP contribution is 2.16. The van der Waals surface area contributed by atoms with Gasteiger partial charge in [-0.05, 0) is 18.6 Å². The van der Waals surface area contributed by atoms with Gasteiger partial charge in [-0.25, -0.2) is 0 Å². The standard InChI is InChI=1S/C10H23NS/c1-4-6-7-8-12-9(3)10(11)5-2/h9-10H,4-8,11H2,1-3H3. The molecule has 0 aliphatic rings. The molecule has 2 unspecified atom stereocenters. The van der Waals surface area contributed by atoms with Gasteiger partial charge in [0.25, 0.3) is 0 Å². The summed E-state index contributed by atoms with van der Waals surface area (Å²) in [5, 5.41) is 0.631. The smallest absolute Gasteiger partial charge is 0.0170 e. The lowest BCUT2D eigenvalue weighted by Crippen LogP contribution is -2.29. The zero-order valence-electron chi connectivity index (χ0n) is 8.68. The second-order valence-electron chi connectivity index (χ2n) is 3.36. The Morgan fingerprint density at radius 2 is 1.92 bits per heavy atom. The fourth-order valence-corrected chi connectivity index (χ4v) is 2.26. The van der Waals surface area contributed by atoms with E-state index in [1.807, 2.05) is 11.8 Å². The maximum Gasteiger partial charge on any atom is 0.0170 e. The largest absolute Gasteiger partial charge is 0.327 e. The first-order valence-corrected chi connectivity index (χ1v) is 6.14. The topological polar surface area (TPSA) is 26.0 Å². The van der Waals surface area contributed by atoms with Crippen molar-refractivity contribution in [2.75, 3.05) is 5.75 Å². The summed E-state index contributed by atoms with van der Waals surface area (Å²) in [6.45, 7) is 6.64. The second-order valence-corrected chi connectivity index (χ2v) is 4.84. The molecule has 0 aromatic rings. The Labute approximate surface area is 81.5 Å². The molecule has 2 heteroatoms. The van der Waals surface area contributed by atoms with Gasteiger partial charge < -0.3 is 5.73 Å². The molecule has 0 aliphatic carbocycles. The molecule has 0 aliphatic heterocycles. The van der Waals surface area contributed by atoms with Gasteiger partial charge in [0, 0.05) is 11.3 Å². The van der Waals surface area contributed by atoms with Crippen LogP contribution in [0, 0.1) is 0 Å². The van der Waals surface area contributed by atoms with Crippen molar-refractivity contribution in [3.63, 3.8) is 0 Å². The van der Waals surface area contributed by atoms with Gasteiger partial charge >= 0.3 is 0 Å². The van der Waals surface area contributed by atoms with E-state index in [1.54, 1.807) is 0 Å². The summed E-state index contributed by atoms with van der Waals surface area (Å²) in [5.74, 6) is 1.28. The lowest BCUT2D eigenvalue weighted by molar-refractivity contribution is 0.641. The Morgan fingerprint density at radius 3 is 2.42 bits per heavy atom. The molecule has 0 amide bonds. The van der Waals surface area contributed by atoms with Gasteiger partial charge in [0.1, 0.15) is 0 Å². The minimum Gasteiger partial charge on any atom is -0.327 e. The third kappa shape index (κ3) is 5.90. The molecule has 1 nitrogen and oxygen atoms in total. The number of nitrogens with two attached hydrogens (primary N) is 1. The van der Waals surface area contributed by atoms with Crippen LogP contribution >= 0.6 is 11.8 Å². The van der Waals surface area contributed by atoms with Crippen molar-refractivity contribution in [2.45, 2.75) is 57.7 Å². The van der Waals surface area contributed by atoms with Crippen molar-refractivity contribution in [1.82, 2.24) is 0 Å². The van der Waals surface area contributed by atoms with E-state index < -0.39 is 0 Å². The number of hydrogen-bond acceptors (Lipinski definition) is 2. The lowest BCUT2D eigenvalue weighted by atomic mass is 10.2. The van der Waals surface area contributed by atoms with Crippen LogP contribution in [0.4, 0.5) is 0 Å². The van der Waals surface area contributed by atoms with Crippen molar-refractivity contribution < 1.29 is 0 Å². The first-order chi connectivity index (χ1) is 5.72. The van der Waals surface area contributed by atoms with Crippen LogP contribution < -0.4 is 5.73 Å². The maximum atomic E-state index is 5.91. The summed E-state index contributed by atoms with van der Waals surface area (Å²) in [5.41, 5.74) is 5.91. The molecule has 0 heterocycles. The quantitative estimate of drug-likeness (QED) is 0.623. The SMILES string of the molecule is CCCCCSC(C)C(N)CC. The average molecular weight is 189 g/mol. The maximum absolute atomic E-state index is 5.91. The van der Waals surface area contributed by atoms with Crippen LogP contribution in [-0.2, 0) is 0 Å². The van der Waals surface area contributed by atoms with Gasteiger partial charge in [0.15, 0.2) is 0 Å². The van der Waals surface area contributed by atoms with Crippen LogP contribution in [0.3, 0.4) is 0 Å². The molecule has 0 spiro atoms. The third-order valence-electron chi connectivity index (χ3n) is 2.20. The summed E-state index contributed by atoms with van der Waals surface area (Å²) in [4.78, 5) is 0. The van der Waals surface area contributed by atoms with Crippen LogP contribution in [0.1, 0.15) is 46.5 Å². The van der Waals surface area contributed by atoms with E-state index in [9.17, 15) is 0 Å². The molecule has 0 radical (unpaired) electrons. The molecule has 0 bridgehead atoms. The Balaban J connectivity index is 3.24. The van der Waals surface area contributed by atoms with E-state index in [4.69, 9.17) is 5.73 Å². The van der Waals surface area contributed by atoms with Gasteiger partial charge in [-0.2, -0.15) is 11.8 Å². The number of unbranched alkanes of at least 4 members (excludes halogenated alkanes) is 2. The molecular weight excluding hydrogens is 166 g/mol. The number of hydrogen-bond donors (Lipinski definition) is 1. The first kappa shape index (κ1) is 12.3. The fraction of sp³-hybridized carbons (Fsp3) is 1.00. The zero-order chi connectivity index (χ0) is 9.40. The molecule has 2 atom stereocenters. The lowest BCUT2D eigenvalue weighted by Gasteiger charge is -2.17. The summed E-state index contributed by atoms with van der Waals surface area (Å²) in [7, 11) is 0. The van der Waals surface area contributed by atoms with Crippen molar-refractivity contribution in [1.29, 1.82) is 0 Å². The predicted octanol–water partition coefficient (Wildman–Crippen LogP) is 3.04. The first-order valence-electron chi connectivity index (χ1n) is 5.09. The van der Waals surface area contributed by atoms with Crippen LogP contribution in [0.15, 0.2) is 0 Å². The Hall–Kier alpha value is 0.310. The summed E-state index contributed by atoms with van der Waals surface area (Å²) in [6, 6.07) is 0.386. The Morgan fingerprint density at radius 1 is 1.25 bits per heavy atom. The van der Waals surface area contributed by atoms with E-state index in [1.165, 1.54) is 25.0 Å². The highest BCUT2D eigenvalue weighted by Gasteiger charge is 2.09. The normalized spacial score (nSPS) is 16.0. The van der Waals surface area contributed by atoms with Crippen LogP contribution in [0.2, 0.25) is 0 Å². The summed E-state index contributed by atoms with van der Waals surface area (Å²) < 4.78 is 0. The van der Waals surface area contributed by atoms with Gasteiger partial charge in [-0.1, -0.05) is 33.6 Å². The molecule has 2 N–H and O–H groups in total. The Kier molecular flexibility index (Phi) is 8.14. The average Bonchev–Trinajstić information content (AvgIpc) is 2.10. The summed E-state index contributed by atoms with van der Waals surface area (Å²) >= 11 is 2.02. The van der Waals surface area contributed by atoms with E-state index in [0.29, 0.717) is 11.3 Å². The summed E-state index contributed by atoms with van der Waals surface area (Å²) in [6.07, 6.45) is 5.12. The molecule has 12 heavy (non-hydrogen) atoms. The molecule has 0 saturated heterocycles. The van der Waals surface area contributed by atoms with E-state index in [2.05, 4.69) is 20.8 Å². The monoisotopic (exact) mass is 189 g/mol. The minimum atomic E-state index is 0.386. The third-order valence-corrected chi connectivity index (χ3v) is 3.60. The van der Waals surface area contributed by atoms with E-state index in [0.717, 1.165) is 6.42 Å². The highest BCUT2D eigenvalue weighted by atomic mass is 32.2. The van der Waals surface area contributed by atoms with E-state index in [-0.39, 0.29) is 0 Å². The highest BCUT2D eigenvalue weighted by molar-refractivity contribution is 7.99. The number of rotatable bonds is 7. The second kappa shape index (κ2) is 7.93. The van der Waals surface area contributed by atoms with Crippen molar-refractivity contribution in [2.24, 2.45) is 5.73 Å². The fourth-order valence-electron chi connectivity index (χ4n) is 1.08. The number of thioether (sulfide) groups is 1. The molecule has 0 saturated carbocycles. The van der Waals surface area contributed by atoms with Gasteiger partial charge in [0.05, 0.1) is 0 Å². The molecule has 0 aromatic heterocycles. The van der Waals surface area contributed by atoms with Crippen molar-refractivity contribution in [3.05, 3.63) is 0 Å². The van der Waals surface area contributed by atoms with Crippen molar-refractivity contribution in [3.8, 4) is 0 Å². The Bertz CT molecular complexity index is 95.8. The van der Waals surface area contributed by atoms with Crippen molar-refractivity contribution >= 4 is 11.8 Å².